The van der Waals surface area contributed by atoms with Gasteiger partial charge in [-0.15, -0.1) is 0 Å². The molecule has 1 fully saturated rings. The third-order valence-corrected chi connectivity index (χ3v) is 4.88. The number of aryl methyl sites for hydroxylation is 1. The number of amides is 2. The zero-order chi connectivity index (χ0) is 18.9. The molecule has 5 nitrogen and oxygen atoms in total. The SMILES string of the molecule is Cc1cc(F)ccc1C(=O)N1CCN(C(=O)C(N)C(C)C)CC1(C)C. The molecule has 2 rings (SSSR count). The molecule has 0 saturated carbocycles. The standard InChI is InChI=1S/C19H28FN3O2/c1-12(2)16(21)18(25)22-8-9-23(19(4,5)11-22)17(24)15-7-6-14(20)10-13(15)3/h6-7,10,12,16H,8-9,11,21H2,1-5H3. The van der Waals surface area contributed by atoms with Gasteiger partial charge in [0.05, 0.1) is 11.6 Å². The second-order valence-electron chi connectivity index (χ2n) is 7.76. The van der Waals surface area contributed by atoms with E-state index in [0.29, 0.717) is 30.8 Å². The van der Waals surface area contributed by atoms with Crippen LogP contribution in [0.25, 0.3) is 0 Å². The van der Waals surface area contributed by atoms with Crippen molar-refractivity contribution < 1.29 is 14.0 Å². The van der Waals surface area contributed by atoms with Crippen LogP contribution in [-0.2, 0) is 4.79 Å². The predicted molar refractivity (Wildman–Crippen MR) is 95.6 cm³/mol. The Morgan fingerprint density at radius 3 is 2.40 bits per heavy atom. The molecule has 1 aliphatic heterocycles. The first-order valence-corrected chi connectivity index (χ1v) is 8.67. The fourth-order valence-electron chi connectivity index (χ4n) is 3.23. The Morgan fingerprint density at radius 2 is 1.88 bits per heavy atom. The van der Waals surface area contributed by atoms with Crippen molar-refractivity contribution in [2.75, 3.05) is 19.6 Å². The van der Waals surface area contributed by atoms with E-state index in [1.165, 1.54) is 18.2 Å². The summed E-state index contributed by atoms with van der Waals surface area (Å²) in [6, 6.07) is 3.66. The molecule has 1 atom stereocenters. The molecule has 0 aliphatic carbocycles. The van der Waals surface area contributed by atoms with E-state index in [1.54, 1.807) is 16.7 Å². The number of halogens is 1. The lowest BCUT2D eigenvalue weighted by Crippen LogP contribution is -2.64. The molecule has 2 N–H and O–H groups in total. The minimum absolute atomic E-state index is 0.0668. The summed E-state index contributed by atoms with van der Waals surface area (Å²) in [5.41, 5.74) is 6.57. The number of carbonyl (C=O) groups is 2. The third-order valence-electron chi connectivity index (χ3n) is 4.88. The Hall–Kier alpha value is -1.95. The molecule has 1 heterocycles. The van der Waals surface area contributed by atoms with Crippen molar-refractivity contribution in [3.8, 4) is 0 Å². The van der Waals surface area contributed by atoms with Crippen LogP contribution < -0.4 is 5.73 Å². The summed E-state index contributed by atoms with van der Waals surface area (Å²) in [6.07, 6.45) is 0. The summed E-state index contributed by atoms with van der Waals surface area (Å²) in [5.74, 6) is -0.501. The van der Waals surface area contributed by atoms with Crippen LogP contribution in [0.5, 0.6) is 0 Å². The van der Waals surface area contributed by atoms with Crippen molar-refractivity contribution in [2.24, 2.45) is 11.7 Å². The van der Waals surface area contributed by atoms with Gasteiger partial charge in [-0.25, -0.2) is 4.39 Å². The van der Waals surface area contributed by atoms with Crippen LogP contribution in [0.4, 0.5) is 4.39 Å². The molecular weight excluding hydrogens is 321 g/mol. The zero-order valence-electron chi connectivity index (χ0n) is 15.7. The summed E-state index contributed by atoms with van der Waals surface area (Å²) >= 11 is 0. The Balaban J connectivity index is 2.18. The first kappa shape index (κ1) is 19.4. The molecule has 25 heavy (non-hydrogen) atoms. The molecule has 1 aliphatic rings. The van der Waals surface area contributed by atoms with E-state index in [9.17, 15) is 14.0 Å². The van der Waals surface area contributed by atoms with E-state index in [-0.39, 0.29) is 23.5 Å². The number of nitrogens with zero attached hydrogens (tertiary/aromatic N) is 2. The van der Waals surface area contributed by atoms with E-state index >= 15 is 0 Å². The number of hydrogen-bond donors (Lipinski definition) is 1. The van der Waals surface area contributed by atoms with Crippen molar-refractivity contribution in [1.82, 2.24) is 9.80 Å². The molecule has 1 saturated heterocycles. The number of benzene rings is 1. The average Bonchev–Trinajstić information content (AvgIpc) is 2.51. The third kappa shape index (κ3) is 4.00. The van der Waals surface area contributed by atoms with Crippen LogP contribution in [0.1, 0.15) is 43.6 Å². The molecule has 1 unspecified atom stereocenters. The molecule has 0 spiro atoms. The maximum Gasteiger partial charge on any atom is 0.254 e. The molecule has 0 aromatic heterocycles. The van der Waals surface area contributed by atoms with Crippen molar-refractivity contribution in [2.45, 2.75) is 46.2 Å². The molecule has 1 aromatic carbocycles. The summed E-state index contributed by atoms with van der Waals surface area (Å²) in [6.45, 7) is 10.8. The maximum absolute atomic E-state index is 13.3. The van der Waals surface area contributed by atoms with Gasteiger partial charge in [-0.3, -0.25) is 9.59 Å². The second-order valence-corrected chi connectivity index (χ2v) is 7.76. The van der Waals surface area contributed by atoms with Crippen molar-refractivity contribution in [1.29, 1.82) is 0 Å². The van der Waals surface area contributed by atoms with Crippen LogP contribution in [0.2, 0.25) is 0 Å². The van der Waals surface area contributed by atoms with E-state index in [0.717, 1.165) is 0 Å². The van der Waals surface area contributed by atoms with Gasteiger partial charge in [0.25, 0.3) is 5.91 Å². The Kier molecular flexibility index (Phi) is 5.52. The fraction of sp³-hybridized carbons (Fsp3) is 0.579. The minimum atomic E-state index is -0.530. The monoisotopic (exact) mass is 349 g/mol. The molecule has 138 valence electrons. The van der Waals surface area contributed by atoms with Crippen molar-refractivity contribution in [3.05, 3.63) is 35.1 Å². The first-order valence-electron chi connectivity index (χ1n) is 8.67. The highest BCUT2D eigenvalue weighted by atomic mass is 19.1. The topological polar surface area (TPSA) is 66.6 Å². The lowest BCUT2D eigenvalue weighted by atomic mass is 9.95. The highest BCUT2D eigenvalue weighted by Crippen LogP contribution is 2.25. The summed E-state index contributed by atoms with van der Waals surface area (Å²) < 4.78 is 13.3. The van der Waals surface area contributed by atoms with E-state index in [2.05, 4.69) is 0 Å². The van der Waals surface area contributed by atoms with Gasteiger partial charge < -0.3 is 15.5 Å². The Labute approximate surface area is 149 Å². The predicted octanol–water partition coefficient (Wildman–Crippen LogP) is 2.18. The van der Waals surface area contributed by atoms with Gasteiger partial charge in [0.2, 0.25) is 5.91 Å². The smallest absolute Gasteiger partial charge is 0.254 e. The molecule has 2 amide bonds. The number of hydrogen-bond acceptors (Lipinski definition) is 3. The summed E-state index contributed by atoms with van der Waals surface area (Å²) in [7, 11) is 0. The van der Waals surface area contributed by atoms with Gasteiger partial charge in [-0.2, -0.15) is 0 Å². The Bertz CT molecular complexity index is 673. The van der Waals surface area contributed by atoms with Crippen LogP contribution in [0.3, 0.4) is 0 Å². The summed E-state index contributed by atoms with van der Waals surface area (Å²) in [4.78, 5) is 29.0. The zero-order valence-corrected chi connectivity index (χ0v) is 15.7. The van der Waals surface area contributed by atoms with Gasteiger partial charge in [-0.05, 0) is 50.5 Å². The van der Waals surface area contributed by atoms with Crippen LogP contribution in [-0.4, -0.2) is 52.8 Å². The minimum Gasteiger partial charge on any atom is -0.337 e. The molecule has 0 radical (unpaired) electrons. The number of nitrogens with two attached hydrogens (primary N) is 1. The molecule has 0 bridgehead atoms. The van der Waals surface area contributed by atoms with Crippen LogP contribution in [0.15, 0.2) is 18.2 Å². The summed E-state index contributed by atoms with van der Waals surface area (Å²) in [5, 5.41) is 0. The van der Waals surface area contributed by atoms with Gasteiger partial charge in [-0.1, -0.05) is 13.8 Å². The highest BCUT2D eigenvalue weighted by molar-refractivity contribution is 5.96. The van der Waals surface area contributed by atoms with Gasteiger partial charge in [0.1, 0.15) is 5.82 Å². The second kappa shape index (κ2) is 7.12. The maximum atomic E-state index is 13.3. The number of rotatable bonds is 3. The van der Waals surface area contributed by atoms with Crippen molar-refractivity contribution in [3.63, 3.8) is 0 Å². The lowest BCUT2D eigenvalue weighted by molar-refractivity contribution is -0.137. The van der Waals surface area contributed by atoms with E-state index in [1.807, 2.05) is 27.7 Å². The van der Waals surface area contributed by atoms with Gasteiger partial charge in [0, 0.05) is 25.2 Å². The highest BCUT2D eigenvalue weighted by Gasteiger charge is 2.40. The van der Waals surface area contributed by atoms with Gasteiger partial charge >= 0.3 is 0 Å². The Morgan fingerprint density at radius 1 is 1.24 bits per heavy atom. The van der Waals surface area contributed by atoms with Crippen LogP contribution >= 0.6 is 0 Å². The lowest BCUT2D eigenvalue weighted by Gasteiger charge is -2.48. The molecular formula is C19H28FN3O2. The quantitative estimate of drug-likeness (QED) is 0.909. The van der Waals surface area contributed by atoms with E-state index in [4.69, 9.17) is 5.73 Å². The van der Waals surface area contributed by atoms with Crippen molar-refractivity contribution >= 4 is 11.8 Å². The molecule has 1 aromatic rings. The molecule has 6 heteroatoms. The largest absolute Gasteiger partial charge is 0.337 e. The number of carbonyl (C=O) groups excluding carboxylic acids is 2. The number of piperazine rings is 1. The average molecular weight is 349 g/mol. The van der Waals surface area contributed by atoms with Crippen LogP contribution in [0, 0.1) is 18.7 Å². The van der Waals surface area contributed by atoms with E-state index < -0.39 is 11.6 Å². The fourth-order valence-corrected chi connectivity index (χ4v) is 3.23. The first-order chi connectivity index (χ1) is 11.5. The normalized spacial score (nSPS) is 18.4. The van der Waals surface area contributed by atoms with Gasteiger partial charge in [0.15, 0.2) is 0 Å².